The number of benzene rings is 1. The molecule has 0 aliphatic heterocycles. The van der Waals surface area contributed by atoms with E-state index in [0.29, 0.717) is 17.1 Å². The number of fused-ring (bicyclic) bond motifs is 1. The number of rotatable bonds is 1. The Morgan fingerprint density at radius 3 is 2.40 bits per heavy atom. The maximum atomic E-state index is 9.33. The number of hydrogen-bond donors (Lipinski definition) is 0. The number of aryl methyl sites for hydroxylation is 1. The van der Waals surface area contributed by atoms with Crippen molar-refractivity contribution in [1.29, 1.82) is 10.5 Å². The van der Waals surface area contributed by atoms with Gasteiger partial charge in [-0.05, 0) is 36.6 Å². The minimum atomic E-state index is -1.10. The third-order valence-electron chi connectivity index (χ3n) is 3.67. The molecule has 0 N–H and O–H groups in total. The van der Waals surface area contributed by atoms with Crippen molar-refractivity contribution in [2.75, 3.05) is 0 Å². The van der Waals surface area contributed by atoms with E-state index in [9.17, 15) is 10.5 Å². The fourth-order valence-corrected chi connectivity index (χ4v) is 2.65. The molecule has 4 heteroatoms. The van der Waals surface area contributed by atoms with Gasteiger partial charge in [-0.15, -0.1) is 0 Å². The second-order valence-electron chi connectivity index (χ2n) is 4.84. The van der Waals surface area contributed by atoms with E-state index >= 15 is 0 Å². The van der Waals surface area contributed by atoms with E-state index in [-0.39, 0.29) is 0 Å². The molecule has 0 spiro atoms. The zero-order chi connectivity index (χ0) is 14.2. The summed E-state index contributed by atoms with van der Waals surface area (Å²) in [5.74, 6) is 0. The molecule has 1 heterocycles. The summed E-state index contributed by atoms with van der Waals surface area (Å²) >= 11 is 5.88. The average molecular weight is 280 g/mol. The van der Waals surface area contributed by atoms with Crippen LogP contribution < -0.4 is 0 Å². The number of hydrogen-bond acceptors (Lipinski definition) is 3. The highest BCUT2D eigenvalue weighted by Gasteiger charge is 2.41. The van der Waals surface area contributed by atoms with E-state index < -0.39 is 5.41 Å². The number of nitriles is 2. The predicted molar refractivity (Wildman–Crippen MR) is 75.9 cm³/mol. The summed E-state index contributed by atoms with van der Waals surface area (Å²) in [4.78, 5) is 4.56. The van der Waals surface area contributed by atoms with Gasteiger partial charge in [0, 0.05) is 10.6 Å². The lowest BCUT2D eigenvalue weighted by Crippen LogP contribution is -2.19. The smallest absolute Gasteiger partial charge is 0.185 e. The maximum Gasteiger partial charge on any atom is 0.185 e. The van der Waals surface area contributed by atoms with E-state index in [4.69, 9.17) is 11.6 Å². The third-order valence-corrected chi connectivity index (χ3v) is 3.93. The second-order valence-corrected chi connectivity index (χ2v) is 5.28. The Balaban J connectivity index is 2.13. The van der Waals surface area contributed by atoms with Gasteiger partial charge in [-0.25, -0.2) is 4.98 Å². The molecule has 2 aromatic rings. The highest BCUT2D eigenvalue weighted by atomic mass is 35.5. The van der Waals surface area contributed by atoms with Crippen molar-refractivity contribution < 1.29 is 0 Å². The lowest BCUT2D eigenvalue weighted by atomic mass is 9.88. The molecular formula is C16H10ClN3. The van der Waals surface area contributed by atoms with Crippen LogP contribution in [0.1, 0.15) is 17.7 Å². The molecule has 20 heavy (non-hydrogen) atoms. The van der Waals surface area contributed by atoms with Crippen molar-refractivity contribution in [3.8, 4) is 23.4 Å². The Kier molecular flexibility index (Phi) is 2.93. The first-order valence-electron chi connectivity index (χ1n) is 6.27. The lowest BCUT2D eigenvalue weighted by molar-refractivity contribution is 0.672. The van der Waals surface area contributed by atoms with Gasteiger partial charge in [0.15, 0.2) is 5.41 Å². The minimum Gasteiger partial charge on any atom is -0.250 e. The molecule has 1 aromatic heterocycles. The van der Waals surface area contributed by atoms with Gasteiger partial charge in [-0.3, -0.25) is 0 Å². The summed E-state index contributed by atoms with van der Waals surface area (Å²) in [6.07, 6.45) is 1.25. The van der Waals surface area contributed by atoms with Crippen molar-refractivity contribution in [3.63, 3.8) is 0 Å². The molecule has 3 rings (SSSR count). The normalized spacial score (nSPS) is 15.2. The van der Waals surface area contributed by atoms with Crippen LogP contribution >= 0.6 is 11.6 Å². The number of nitrogens with zero attached hydrogens (tertiary/aromatic N) is 3. The van der Waals surface area contributed by atoms with Crippen molar-refractivity contribution in [2.24, 2.45) is 0 Å². The predicted octanol–water partition coefficient (Wildman–Crippen LogP) is 3.63. The maximum absolute atomic E-state index is 9.33. The SMILES string of the molecule is N#CC1(C#N)CCc2ccc(-c3ccc(Cl)cc3)nc21. The molecule has 0 amide bonds. The Bertz CT molecular complexity index is 737. The number of halogens is 1. The van der Waals surface area contributed by atoms with Crippen molar-refractivity contribution in [2.45, 2.75) is 18.3 Å². The highest BCUT2D eigenvalue weighted by Crippen LogP contribution is 2.38. The average Bonchev–Trinajstić information content (AvgIpc) is 2.86. The zero-order valence-corrected chi connectivity index (χ0v) is 11.4. The molecular weight excluding hydrogens is 270 g/mol. The van der Waals surface area contributed by atoms with E-state index in [1.807, 2.05) is 24.3 Å². The molecule has 1 aliphatic rings. The van der Waals surface area contributed by atoms with Gasteiger partial charge in [0.05, 0.1) is 23.5 Å². The molecule has 0 fully saturated rings. The first-order valence-corrected chi connectivity index (χ1v) is 6.65. The van der Waals surface area contributed by atoms with Crippen LogP contribution in [-0.2, 0) is 11.8 Å². The van der Waals surface area contributed by atoms with Crippen molar-refractivity contribution >= 4 is 11.6 Å². The first-order chi connectivity index (χ1) is 9.68. The van der Waals surface area contributed by atoms with E-state index in [2.05, 4.69) is 17.1 Å². The molecule has 0 radical (unpaired) electrons. The number of pyridine rings is 1. The van der Waals surface area contributed by atoms with Crippen LogP contribution in [0.4, 0.5) is 0 Å². The molecule has 0 unspecified atom stereocenters. The van der Waals surface area contributed by atoms with Gasteiger partial charge >= 0.3 is 0 Å². The van der Waals surface area contributed by atoms with E-state index in [1.165, 1.54) is 0 Å². The van der Waals surface area contributed by atoms with Crippen molar-refractivity contribution in [3.05, 3.63) is 52.7 Å². The van der Waals surface area contributed by atoms with Crippen LogP contribution in [0.5, 0.6) is 0 Å². The second kappa shape index (κ2) is 4.63. The van der Waals surface area contributed by atoms with Crippen LogP contribution in [0.15, 0.2) is 36.4 Å². The Hall–Kier alpha value is -2.36. The van der Waals surface area contributed by atoms with Crippen LogP contribution in [0.2, 0.25) is 5.02 Å². The van der Waals surface area contributed by atoms with Crippen LogP contribution in [0.3, 0.4) is 0 Å². The van der Waals surface area contributed by atoms with Gasteiger partial charge in [-0.2, -0.15) is 10.5 Å². The summed E-state index contributed by atoms with van der Waals surface area (Å²) in [5.41, 5.74) is 2.18. The molecule has 0 saturated heterocycles. The van der Waals surface area contributed by atoms with Gasteiger partial charge in [0.1, 0.15) is 0 Å². The van der Waals surface area contributed by atoms with Crippen LogP contribution in [-0.4, -0.2) is 4.98 Å². The van der Waals surface area contributed by atoms with Gasteiger partial charge < -0.3 is 0 Å². The molecule has 96 valence electrons. The Labute approximate surface area is 122 Å². The van der Waals surface area contributed by atoms with Gasteiger partial charge in [-0.1, -0.05) is 29.8 Å². The number of aromatic nitrogens is 1. The summed E-state index contributed by atoms with van der Waals surface area (Å²) in [6, 6.07) is 15.5. The highest BCUT2D eigenvalue weighted by molar-refractivity contribution is 6.30. The molecule has 0 bridgehead atoms. The molecule has 1 aromatic carbocycles. The topological polar surface area (TPSA) is 60.5 Å². The summed E-state index contributed by atoms with van der Waals surface area (Å²) in [6.45, 7) is 0. The molecule has 0 atom stereocenters. The largest absolute Gasteiger partial charge is 0.250 e. The summed E-state index contributed by atoms with van der Waals surface area (Å²) in [5, 5.41) is 19.3. The zero-order valence-electron chi connectivity index (χ0n) is 10.6. The van der Waals surface area contributed by atoms with Crippen LogP contribution in [0, 0.1) is 22.7 Å². The minimum absolute atomic E-state index is 0.520. The van der Waals surface area contributed by atoms with E-state index in [1.54, 1.807) is 12.1 Å². The quantitative estimate of drug-likeness (QED) is 0.801. The summed E-state index contributed by atoms with van der Waals surface area (Å²) in [7, 11) is 0. The Morgan fingerprint density at radius 2 is 1.75 bits per heavy atom. The fourth-order valence-electron chi connectivity index (χ4n) is 2.52. The standard InChI is InChI=1S/C16H10ClN3/c17-13-4-1-11(2-5-13)14-6-3-12-7-8-16(9-18,10-19)15(12)20-14/h1-6H,7-8H2. The van der Waals surface area contributed by atoms with E-state index in [0.717, 1.165) is 23.2 Å². The van der Waals surface area contributed by atoms with Gasteiger partial charge in [0.25, 0.3) is 0 Å². The van der Waals surface area contributed by atoms with Gasteiger partial charge in [0.2, 0.25) is 0 Å². The van der Waals surface area contributed by atoms with Crippen molar-refractivity contribution in [1.82, 2.24) is 4.98 Å². The lowest BCUT2D eigenvalue weighted by Gasteiger charge is -2.12. The molecule has 3 nitrogen and oxygen atoms in total. The Morgan fingerprint density at radius 1 is 1.05 bits per heavy atom. The monoisotopic (exact) mass is 279 g/mol. The fraction of sp³-hybridized carbons (Fsp3) is 0.188. The first kappa shape index (κ1) is 12.7. The third kappa shape index (κ3) is 1.84. The molecule has 0 saturated carbocycles. The molecule has 1 aliphatic carbocycles. The van der Waals surface area contributed by atoms with Crippen LogP contribution in [0.25, 0.3) is 11.3 Å². The summed E-state index contributed by atoms with van der Waals surface area (Å²) < 4.78 is 0.